The van der Waals surface area contributed by atoms with E-state index < -0.39 is 59.0 Å². The maximum Gasteiger partial charge on any atom is 0.407 e. The van der Waals surface area contributed by atoms with Gasteiger partial charge in [0.15, 0.2) is 0 Å². The molecular formula is C46H54ClN7O8. The van der Waals surface area contributed by atoms with E-state index in [0.717, 1.165) is 28.2 Å². The van der Waals surface area contributed by atoms with Gasteiger partial charge in [-0.2, -0.15) is 0 Å². The molecule has 3 aromatic carbocycles. The fourth-order valence-electron chi connectivity index (χ4n) is 8.96. The average molecular weight is 868 g/mol. The molecule has 6 N–H and O–H groups in total. The zero-order valence-electron chi connectivity index (χ0n) is 35.8. The molecule has 16 heteroatoms. The highest BCUT2D eigenvalue weighted by Gasteiger charge is 2.53. The van der Waals surface area contributed by atoms with Gasteiger partial charge in [-0.05, 0) is 96.2 Å². The number of primary amides is 2. The van der Waals surface area contributed by atoms with Gasteiger partial charge < -0.3 is 45.9 Å². The smallest absolute Gasteiger partial charge is 0.407 e. The fourth-order valence-corrected chi connectivity index (χ4v) is 9.08. The second kappa shape index (κ2) is 18.3. The summed E-state index contributed by atoms with van der Waals surface area (Å²) in [6.45, 7) is 7.75. The molecule has 3 heterocycles. The van der Waals surface area contributed by atoms with Crippen LogP contribution in [0.15, 0.2) is 84.9 Å². The highest BCUT2D eigenvalue weighted by atomic mass is 35.5. The van der Waals surface area contributed by atoms with E-state index in [9.17, 15) is 28.8 Å². The fraction of sp³-hybridized carbons (Fsp3) is 0.391. The summed E-state index contributed by atoms with van der Waals surface area (Å²) < 4.78 is 11.6. The molecule has 2 aliphatic heterocycles. The molecule has 0 bridgehead atoms. The number of ether oxygens (including phenoxy) is 2. The highest BCUT2D eigenvalue weighted by molar-refractivity contribution is 6.30. The molecule has 6 amide bonds. The van der Waals surface area contributed by atoms with Crippen LogP contribution in [0.5, 0.6) is 0 Å². The first-order chi connectivity index (χ1) is 29.5. The maximum absolute atomic E-state index is 14.0. The number of nitrogens with one attached hydrogen (secondary N) is 2. The lowest BCUT2D eigenvalue weighted by atomic mass is 9.85. The van der Waals surface area contributed by atoms with Crippen LogP contribution < -0.4 is 22.1 Å². The first-order valence-corrected chi connectivity index (χ1v) is 21.0. The van der Waals surface area contributed by atoms with Gasteiger partial charge in [0.2, 0.25) is 23.6 Å². The zero-order valence-corrected chi connectivity index (χ0v) is 36.5. The van der Waals surface area contributed by atoms with Crippen LogP contribution in [0.1, 0.15) is 64.5 Å². The monoisotopic (exact) mass is 867 g/mol. The highest BCUT2D eigenvalue weighted by Crippen LogP contribution is 2.43. The number of aromatic nitrogens is 1. The number of nitrogens with two attached hydrogens (primary N) is 2. The van der Waals surface area contributed by atoms with Gasteiger partial charge in [-0.15, -0.1) is 0 Å². The number of likely N-dealkylation sites (tertiary alicyclic amines) is 2. The average Bonchev–Trinajstić information content (AvgIpc) is 4.03. The number of methoxy groups -OCH3 is 2. The van der Waals surface area contributed by atoms with Crippen molar-refractivity contribution in [3.63, 3.8) is 0 Å². The molecule has 4 atom stereocenters. The van der Waals surface area contributed by atoms with Crippen molar-refractivity contribution in [2.75, 3.05) is 27.3 Å². The van der Waals surface area contributed by atoms with Crippen molar-refractivity contribution in [3.05, 3.63) is 101 Å². The lowest BCUT2D eigenvalue weighted by Gasteiger charge is -2.39. The molecule has 0 saturated carbocycles. The summed E-state index contributed by atoms with van der Waals surface area (Å²) in [6.07, 6.45) is 0.171. The second-order valence-electron chi connectivity index (χ2n) is 16.4. The third kappa shape index (κ3) is 8.20. The van der Waals surface area contributed by atoms with Crippen LogP contribution in [0.4, 0.5) is 9.59 Å². The number of benzene rings is 3. The predicted octanol–water partition coefficient (Wildman–Crippen LogP) is 5.83. The van der Waals surface area contributed by atoms with Crippen LogP contribution in [0.25, 0.3) is 28.2 Å². The Balaban J connectivity index is 1.38. The quantitative estimate of drug-likeness (QED) is 0.128. The van der Waals surface area contributed by atoms with E-state index in [0.29, 0.717) is 41.8 Å². The number of rotatable bonds is 13. The van der Waals surface area contributed by atoms with Crippen LogP contribution >= 0.6 is 11.6 Å². The third-order valence-corrected chi connectivity index (χ3v) is 12.4. The SMILES string of the molecule is COC(=O)N[C@H](C(=O)N1CCC[C@@]1(C(N)=O)c1ccc(-c2ccc(-c3ccc([C@]4(C(N)=O)CCCN4C(=O)[C@@H](NC(=O)OC)C(C)C)cc3)n2-c2ccc(Cl)cc2)cc1)C(C)C. The van der Waals surface area contributed by atoms with Crippen LogP contribution in [0, 0.1) is 11.8 Å². The van der Waals surface area contributed by atoms with E-state index in [2.05, 4.69) is 15.2 Å². The van der Waals surface area contributed by atoms with Gasteiger partial charge in [0.25, 0.3) is 0 Å². The Labute approximate surface area is 366 Å². The lowest BCUT2D eigenvalue weighted by molar-refractivity contribution is -0.146. The van der Waals surface area contributed by atoms with Crippen LogP contribution in [0.2, 0.25) is 5.02 Å². The summed E-state index contributed by atoms with van der Waals surface area (Å²) in [7, 11) is 2.44. The van der Waals surface area contributed by atoms with Crippen LogP contribution in [-0.4, -0.2) is 89.6 Å². The topological polar surface area (TPSA) is 208 Å². The third-order valence-electron chi connectivity index (χ3n) is 12.2. The predicted molar refractivity (Wildman–Crippen MR) is 234 cm³/mol. The molecule has 328 valence electrons. The van der Waals surface area contributed by atoms with Gasteiger partial charge in [-0.25, -0.2) is 9.59 Å². The van der Waals surface area contributed by atoms with Gasteiger partial charge in [0.1, 0.15) is 23.2 Å². The minimum absolute atomic E-state index is 0.275. The number of carbonyl (C=O) groups is 6. The minimum Gasteiger partial charge on any atom is -0.453 e. The van der Waals surface area contributed by atoms with Crippen molar-refractivity contribution in [2.45, 2.75) is 76.5 Å². The van der Waals surface area contributed by atoms with Crippen molar-refractivity contribution in [3.8, 4) is 28.2 Å². The Morgan fingerprint density at radius 3 is 1.29 bits per heavy atom. The molecule has 2 aliphatic rings. The van der Waals surface area contributed by atoms with Crippen LogP contribution in [0.3, 0.4) is 0 Å². The van der Waals surface area contributed by atoms with E-state index in [1.54, 1.807) is 64.1 Å². The van der Waals surface area contributed by atoms with Gasteiger partial charge >= 0.3 is 12.2 Å². The lowest BCUT2D eigenvalue weighted by Crippen LogP contribution is -2.59. The molecule has 0 aliphatic carbocycles. The van der Waals surface area contributed by atoms with Crippen molar-refractivity contribution in [1.82, 2.24) is 25.0 Å². The molecule has 0 spiro atoms. The molecule has 0 radical (unpaired) electrons. The Hall–Kier alpha value is -6.35. The van der Waals surface area contributed by atoms with Gasteiger partial charge in [-0.3, -0.25) is 19.2 Å². The van der Waals surface area contributed by atoms with E-state index in [4.69, 9.17) is 32.5 Å². The normalized spacial score (nSPS) is 19.6. The summed E-state index contributed by atoms with van der Waals surface area (Å²) in [5.41, 5.74) is 14.5. The molecule has 4 aromatic rings. The van der Waals surface area contributed by atoms with E-state index >= 15 is 0 Å². The van der Waals surface area contributed by atoms with Crippen LogP contribution in [-0.2, 0) is 39.7 Å². The van der Waals surface area contributed by atoms with Crippen molar-refractivity contribution < 1.29 is 38.2 Å². The molecule has 2 fully saturated rings. The molecule has 6 rings (SSSR count). The van der Waals surface area contributed by atoms with Gasteiger partial charge in [-0.1, -0.05) is 87.8 Å². The van der Waals surface area contributed by atoms with E-state index in [-0.39, 0.29) is 24.9 Å². The Morgan fingerprint density at radius 1 is 0.597 bits per heavy atom. The first kappa shape index (κ1) is 45.2. The summed E-state index contributed by atoms with van der Waals surface area (Å²) in [5.74, 6) is -2.80. The van der Waals surface area contributed by atoms with Crippen molar-refractivity contribution in [1.29, 1.82) is 0 Å². The first-order valence-electron chi connectivity index (χ1n) is 20.6. The number of hydrogen-bond acceptors (Lipinski definition) is 8. The molecular weight excluding hydrogens is 814 g/mol. The largest absolute Gasteiger partial charge is 0.453 e. The maximum atomic E-state index is 14.0. The minimum atomic E-state index is -1.44. The van der Waals surface area contributed by atoms with E-state index in [1.807, 2.05) is 48.5 Å². The van der Waals surface area contributed by atoms with E-state index in [1.165, 1.54) is 24.0 Å². The summed E-state index contributed by atoms with van der Waals surface area (Å²) >= 11 is 6.33. The molecule has 62 heavy (non-hydrogen) atoms. The Kier molecular flexibility index (Phi) is 13.4. The Morgan fingerprint density at radius 2 is 0.968 bits per heavy atom. The summed E-state index contributed by atoms with van der Waals surface area (Å²) in [4.78, 5) is 82.3. The zero-order chi connectivity index (χ0) is 45.1. The number of amides is 6. The Bertz CT molecular complexity index is 2190. The summed E-state index contributed by atoms with van der Waals surface area (Å²) in [6, 6.07) is 24.2. The number of hydrogen-bond donors (Lipinski definition) is 4. The second-order valence-corrected chi connectivity index (χ2v) is 16.9. The van der Waals surface area contributed by atoms with Crippen molar-refractivity contribution in [2.24, 2.45) is 23.3 Å². The van der Waals surface area contributed by atoms with Gasteiger partial charge in [0, 0.05) is 23.8 Å². The molecule has 2 saturated heterocycles. The number of carbonyl (C=O) groups excluding carboxylic acids is 6. The standard InChI is InChI=1S/C46H54ClN7O8/c1-27(2)37(50-43(59)61-5)39(55)52-25-7-23-45(52,41(48)57)31-13-9-29(10-14-31)35-21-22-36(54(35)34-19-17-33(47)18-20-34)30-11-15-32(16-12-30)46(42(49)58)24-8-26-53(46)40(56)38(28(3)4)51-44(60)62-6/h9-22,27-28,37-38H,7-8,23-26H2,1-6H3,(H2,48,57)(H2,49,58)(H,50,59)(H,51,60)/t37-,38-,45-,46-/m0/s1. The number of alkyl carbamates (subject to hydrolysis) is 2. The molecule has 15 nitrogen and oxygen atoms in total. The molecule has 1 aromatic heterocycles. The molecule has 0 unspecified atom stereocenters. The number of halogens is 1. The number of nitrogens with zero attached hydrogens (tertiary/aromatic N) is 3. The summed E-state index contributed by atoms with van der Waals surface area (Å²) in [5, 5.41) is 5.80. The van der Waals surface area contributed by atoms with Crippen molar-refractivity contribution >= 4 is 47.4 Å². The van der Waals surface area contributed by atoms with Gasteiger partial charge in [0.05, 0.1) is 25.6 Å².